The van der Waals surface area contributed by atoms with Crippen LogP contribution >= 0.6 is 0 Å². The predicted octanol–water partition coefficient (Wildman–Crippen LogP) is 3.07. The Hall–Kier alpha value is -2.36. The lowest BCUT2D eigenvalue weighted by Crippen LogP contribution is -2.27. The summed E-state index contributed by atoms with van der Waals surface area (Å²) in [7, 11) is 3.77. The fourth-order valence-corrected chi connectivity index (χ4v) is 2.38. The molecule has 0 radical (unpaired) electrons. The summed E-state index contributed by atoms with van der Waals surface area (Å²) in [6, 6.07) is 13.9. The molecule has 1 N–H and O–H groups in total. The molecular formula is C18H23N3O. The van der Waals surface area contributed by atoms with Gasteiger partial charge in [0.15, 0.2) is 0 Å². The number of nitrogens with zero attached hydrogens (tertiary/aromatic N) is 2. The van der Waals surface area contributed by atoms with Gasteiger partial charge in [-0.25, -0.2) is 4.98 Å². The third-order valence-electron chi connectivity index (χ3n) is 3.69. The van der Waals surface area contributed by atoms with E-state index in [-0.39, 0.29) is 5.91 Å². The van der Waals surface area contributed by atoms with E-state index in [1.807, 2.05) is 37.2 Å². The Morgan fingerprint density at radius 1 is 1.18 bits per heavy atom. The molecule has 0 spiro atoms. The smallest absolute Gasteiger partial charge is 0.255 e. The summed E-state index contributed by atoms with van der Waals surface area (Å²) in [5.41, 5.74) is 1.91. The minimum absolute atomic E-state index is 0.0722. The number of pyridine rings is 1. The van der Waals surface area contributed by atoms with Crippen LogP contribution in [0, 0.1) is 0 Å². The molecule has 22 heavy (non-hydrogen) atoms. The largest absolute Gasteiger partial charge is 0.362 e. The van der Waals surface area contributed by atoms with Gasteiger partial charge in [0.2, 0.25) is 0 Å². The van der Waals surface area contributed by atoms with Gasteiger partial charge in [-0.2, -0.15) is 0 Å². The highest BCUT2D eigenvalue weighted by Gasteiger charge is 2.13. The third-order valence-corrected chi connectivity index (χ3v) is 3.69. The summed E-state index contributed by atoms with van der Waals surface area (Å²) in [6.45, 7) is 2.83. The van der Waals surface area contributed by atoms with Crippen molar-refractivity contribution in [3.05, 3.63) is 59.8 Å². The fourth-order valence-electron chi connectivity index (χ4n) is 2.38. The van der Waals surface area contributed by atoms with Crippen molar-refractivity contribution in [1.82, 2.24) is 10.3 Å². The van der Waals surface area contributed by atoms with Gasteiger partial charge in [0, 0.05) is 26.8 Å². The quantitative estimate of drug-likeness (QED) is 0.891. The molecule has 1 unspecified atom stereocenters. The van der Waals surface area contributed by atoms with Crippen LogP contribution in [-0.2, 0) is 0 Å². The molecule has 0 saturated heterocycles. The Bertz CT molecular complexity index is 611. The number of amides is 1. The minimum atomic E-state index is -0.0722. The Balaban J connectivity index is 1.91. The summed E-state index contributed by atoms with van der Waals surface area (Å²) in [5.74, 6) is 1.04. The van der Waals surface area contributed by atoms with Gasteiger partial charge < -0.3 is 10.2 Å². The molecule has 0 aliphatic heterocycles. The topological polar surface area (TPSA) is 45.2 Å². The van der Waals surface area contributed by atoms with Gasteiger partial charge in [0.25, 0.3) is 5.91 Å². The predicted molar refractivity (Wildman–Crippen MR) is 90.4 cm³/mol. The first-order chi connectivity index (χ1) is 10.6. The molecule has 4 heteroatoms. The van der Waals surface area contributed by atoms with Crippen molar-refractivity contribution in [3.8, 4) is 0 Å². The maximum absolute atomic E-state index is 12.3. The summed E-state index contributed by atoms with van der Waals surface area (Å²) in [4.78, 5) is 18.4. The highest BCUT2D eigenvalue weighted by molar-refractivity contribution is 5.98. The van der Waals surface area contributed by atoms with Crippen LogP contribution in [-0.4, -0.2) is 31.5 Å². The molecule has 1 aromatic carbocycles. The second-order valence-corrected chi connectivity index (χ2v) is 5.63. The molecule has 2 rings (SSSR count). The molecule has 0 aliphatic rings. The van der Waals surface area contributed by atoms with Crippen LogP contribution in [0.25, 0.3) is 0 Å². The van der Waals surface area contributed by atoms with E-state index >= 15 is 0 Å². The number of aromatic nitrogens is 1. The Morgan fingerprint density at radius 2 is 1.91 bits per heavy atom. The van der Waals surface area contributed by atoms with Crippen LogP contribution in [0.2, 0.25) is 0 Å². The molecule has 0 fully saturated rings. The number of hydrogen-bond acceptors (Lipinski definition) is 3. The van der Waals surface area contributed by atoms with E-state index in [9.17, 15) is 4.79 Å². The number of carbonyl (C=O) groups excluding carboxylic acids is 1. The average molecular weight is 297 g/mol. The van der Waals surface area contributed by atoms with Crippen LogP contribution in [0.5, 0.6) is 0 Å². The van der Waals surface area contributed by atoms with Gasteiger partial charge in [-0.3, -0.25) is 4.79 Å². The molecular weight excluding hydrogens is 274 g/mol. The van der Waals surface area contributed by atoms with E-state index in [4.69, 9.17) is 0 Å². The van der Waals surface area contributed by atoms with Gasteiger partial charge in [-0.1, -0.05) is 37.3 Å². The first-order valence-corrected chi connectivity index (χ1v) is 7.55. The summed E-state index contributed by atoms with van der Waals surface area (Å²) >= 11 is 0. The van der Waals surface area contributed by atoms with Gasteiger partial charge >= 0.3 is 0 Å². The van der Waals surface area contributed by atoms with Gasteiger partial charge in [-0.15, -0.1) is 0 Å². The van der Waals surface area contributed by atoms with Gasteiger partial charge in [0.05, 0.1) is 5.56 Å². The zero-order valence-corrected chi connectivity index (χ0v) is 13.4. The summed E-state index contributed by atoms with van der Waals surface area (Å²) in [6.07, 6.45) is 2.61. The maximum atomic E-state index is 12.3. The molecule has 1 atom stereocenters. The van der Waals surface area contributed by atoms with Crippen LogP contribution in [0.1, 0.15) is 35.2 Å². The zero-order valence-electron chi connectivity index (χ0n) is 13.4. The Morgan fingerprint density at radius 3 is 2.59 bits per heavy atom. The van der Waals surface area contributed by atoms with Crippen molar-refractivity contribution >= 4 is 11.7 Å². The number of rotatable bonds is 6. The van der Waals surface area contributed by atoms with E-state index in [2.05, 4.69) is 29.4 Å². The average Bonchev–Trinajstić information content (AvgIpc) is 2.55. The standard InChI is InChI=1S/C18H23N3O/c1-14(15-8-5-4-6-9-15)11-13-20-18(22)16-10-7-12-19-17(16)21(2)3/h4-10,12,14H,11,13H2,1-3H3,(H,20,22). The number of anilines is 1. The molecule has 1 heterocycles. The first-order valence-electron chi connectivity index (χ1n) is 7.55. The molecule has 0 saturated carbocycles. The van der Waals surface area contributed by atoms with Crippen molar-refractivity contribution in [2.75, 3.05) is 25.5 Å². The summed E-state index contributed by atoms with van der Waals surface area (Å²) in [5, 5.41) is 2.99. The second kappa shape index (κ2) is 7.59. The molecule has 0 bridgehead atoms. The molecule has 1 amide bonds. The molecule has 1 aromatic heterocycles. The third kappa shape index (κ3) is 4.07. The monoisotopic (exact) mass is 297 g/mol. The van der Waals surface area contributed by atoms with Crippen molar-refractivity contribution in [2.24, 2.45) is 0 Å². The van der Waals surface area contributed by atoms with Gasteiger partial charge in [-0.05, 0) is 30.0 Å². The minimum Gasteiger partial charge on any atom is -0.362 e. The van der Waals surface area contributed by atoms with Crippen LogP contribution in [0.4, 0.5) is 5.82 Å². The van der Waals surface area contributed by atoms with E-state index in [1.165, 1.54) is 5.56 Å². The van der Waals surface area contributed by atoms with Crippen LogP contribution in [0.15, 0.2) is 48.7 Å². The first kappa shape index (κ1) is 16.0. The van der Waals surface area contributed by atoms with Crippen molar-refractivity contribution < 1.29 is 4.79 Å². The maximum Gasteiger partial charge on any atom is 0.255 e. The highest BCUT2D eigenvalue weighted by Crippen LogP contribution is 2.18. The lowest BCUT2D eigenvalue weighted by Gasteiger charge is -2.16. The second-order valence-electron chi connectivity index (χ2n) is 5.63. The van der Waals surface area contributed by atoms with Crippen LogP contribution < -0.4 is 10.2 Å². The lowest BCUT2D eigenvalue weighted by molar-refractivity contribution is 0.0953. The molecule has 2 aromatic rings. The SMILES string of the molecule is CC(CCNC(=O)c1cccnc1N(C)C)c1ccccc1. The summed E-state index contributed by atoms with van der Waals surface area (Å²) < 4.78 is 0. The zero-order chi connectivity index (χ0) is 15.9. The van der Waals surface area contributed by atoms with E-state index < -0.39 is 0 Å². The van der Waals surface area contributed by atoms with E-state index in [0.717, 1.165) is 6.42 Å². The van der Waals surface area contributed by atoms with Crippen LogP contribution in [0.3, 0.4) is 0 Å². The molecule has 116 valence electrons. The van der Waals surface area contributed by atoms with E-state index in [1.54, 1.807) is 18.3 Å². The van der Waals surface area contributed by atoms with E-state index in [0.29, 0.717) is 23.8 Å². The van der Waals surface area contributed by atoms with Gasteiger partial charge in [0.1, 0.15) is 5.82 Å². The lowest BCUT2D eigenvalue weighted by atomic mass is 9.98. The normalized spacial score (nSPS) is 11.8. The highest BCUT2D eigenvalue weighted by atomic mass is 16.1. The Kier molecular flexibility index (Phi) is 5.53. The molecule has 0 aliphatic carbocycles. The number of benzene rings is 1. The molecule has 4 nitrogen and oxygen atoms in total. The van der Waals surface area contributed by atoms with Crippen molar-refractivity contribution in [2.45, 2.75) is 19.3 Å². The fraction of sp³-hybridized carbons (Fsp3) is 0.333. The Labute approximate surface area is 132 Å². The van der Waals surface area contributed by atoms with Crippen molar-refractivity contribution in [1.29, 1.82) is 0 Å². The number of carbonyl (C=O) groups is 1. The number of nitrogens with one attached hydrogen (secondary N) is 1. The van der Waals surface area contributed by atoms with Crippen molar-refractivity contribution in [3.63, 3.8) is 0 Å². The number of hydrogen-bond donors (Lipinski definition) is 1.